The summed E-state index contributed by atoms with van der Waals surface area (Å²) in [6, 6.07) is 6.96. The van der Waals surface area contributed by atoms with Crippen molar-refractivity contribution in [3.05, 3.63) is 34.9 Å². The molecule has 1 aromatic rings. The van der Waals surface area contributed by atoms with E-state index >= 15 is 0 Å². The SMILES string of the molecule is Cc1ccc(CC2CC(C(C)(C)C)CCC2CN)cc1C. The minimum Gasteiger partial charge on any atom is -0.330 e. The Morgan fingerprint density at radius 3 is 2.33 bits per heavy atom. The highest BCUT2D eigenvalue weighted by molar-refractivity contribution is 5.30. The molecule has 0 heterocycles. The van der Waals surface area contributed by atoms with Gasteiger partial charge in [-0.25, -0.2) is 0 Å². The van der Waals surface area contributed by atoms with Crippen molar-refractivity contribution < 1.29 is 0 Å². The van der Waals surface area contributed by atoms with Gasteiger partial charge in [-0.3, -0.25) is 0 Å². The van der Waals surface area contributed by atoms with Gasteiger partial charge in [0.25, 0.3) is 0 Å². The first-order valence-corrected chi connectivity index (χ1v) is 8.57. The van der Waals surface area contributed by atoms with E-state index < -0.39 is 0 Å². The predicted molar refractivity (Wildman–Crippen MR) is 92.5 cm³/mol. The first kappa shape index (κ1) is 16.5. The lowest BCUT2D eigenvalue weighted by atomic mass is 9.64. The number of hydrogen-bond donors (Lipinski definition) is 1. The van der Waals surface area contributed by atoms with Crippen LogP contribution >= 0.6 is 0 Å². The molecule has 2 rings (SSSR count). The van der Waals surface area contributed by atoms with Gasteiger partial charge in [0.1, 0.15) is 0 Å². The topological polar surface area (TPSA) is 26.0 Å². The van der Waals surface area contributed by atoms with Crippen LogP contribution in [0.3, 0.4) is 0 Å². The maximum Gasteiger partial charge on any atom is -0.00461 e. The van der Waals surface area contributed by atoms with Crippen molar-refractivity contribution in [2.24, 2.45) is 28.9 Å². The molecule has 21 heavy (non-hydrogen) atoms. The van der Waals surface area contributed by atoms with Gasteiger partial charge in [-0.2, -0.15) is 0 Å². The molecule has 0 bridgehead atoms. The van der Waals surface area contributed by atoms with Crippen LogP contribution in [-0.2, 0) is 6.42 Å². The highest BCUT2D eigenvalue weighted by Crippen LogP contribution is 2.43. The zero-order valence-corrected chi connectivity index (χ0v) is 14.6. The van der Waals surface area contributed by atoms with E-state index in [0.717, 1.165) is 18.4 Å². The molecule has 0 spiro atoms. The summed E-state index contributed by atoms with van der Waals surface area (Å²) in [5.74, 6) is 2.32. The third kappa shape index (κ3) is 4.10. The number of aryl methyl sites for hydroxylation is 2. The summed E-state index contributed by atoms with van der Waals surface area (Å²) in [5, 5.41) is 0. The maximum atomic E-state index is 6.06. The van der Waals surface area contributed by atoms with Gasteiger partial charge in [-0.15, -0.1) is 0 Å². The summed E-state index contributed by atoms with van der Waals surface area (Å²) in [6.07, 6.45) is 5.22. The second-order valence-corrected chi connectivity index (χ2v) is 8.25. The molecule has 1 fully saturated rings. The number of rotatable bonds is 3. The summed E-state index contributed by atoms with van der Waals surface area (Å²) in [4.78, 5) is 0. The normalized spacial score (nSPS) is 26.9. The summed E-state index contributed by atoms with van der Waals surface area (Å²) in [7, 11) is 0. The van der Waals surface area contributed by atoms with Crippen molar-refractivity contribution in [3.8, 4) is 0 Å². The van der Waals surface area contributed by atoms with E-state index in [4.69, 9.17) is 5.73 Å². The highest BCUT2D eigenvalue weighted by Gasteiger charge is 2.35. The summed E-state index contributed by atoms with van der Waals surface area (Å²) >= 11 is 0. The van der Waals surface area contributed by atoms with Crippen LogP contribution in [-0.4, -0.2) is 6.54 Å². The lowest BCUT2D eigenvalue weighted by Gasteiger charge is -2.42. The molecule has 1 aliphatic carbocycles. The molecule has 0 radical (unpaired) electrons. The Bertz CT molecular complexity index is 469. The number of nitrogens with two attached hydrogens (primary N) is 1. The first-order valence-electron chi connectivity index (χ1n) is 8.57. The molecule has 3 atom stereocenters. The lowest BCUT2D eigenvalue weighted by Crippen LogP contribution is -2.36. The van der Waals surface area contributed by atoms with Crippen LogP contribution in [0.1, 0.15) is 56.7 Å². The molecule has 2 N–H and O–H groups in total. The minimum absolute atomic E-state index is 0.432. The molecule has 0 aliphatic heterocycles. The minimum atomic E-state index is 0.432. The zero-order valence-electron chi connectivity index (χ0n) is 14.6. The Morgan fingerprint density at radius 2 is 1.76 bits per heavy atom. The molecule has 1 saturated carbocycles. The summed E-state index contributed by atoms with van der Waals surface area (Å²) in [5.41, 5.74) is 10.8. The van der Waals surface area contributed by atoms with Gasteiger partial charge in [-0.05, 0) is 85.9 Å². The van der Waals surface area contributed by atoms with Crippen molar-refractivity contribution in [2.75, 3.05) is 6.54 Å². The molecule has 1 aliphatic rings. The van der Waals surface area contributed by atoms with Crippen LogP contribution in [0.4, 0.5) is 0 Å². The average molecular weight is 287 g/mol. The van der Waals surface area contributed by atoms with E-state index in [2.05, 4.69) is 52.8 Å². The molecule has 0 amide bonds. The molecule has 118 valence electrons. The molecule has 3 unspecified atom stereocenters. The van der Waals surface area contributed by atoms with Crippen LogP contribution in [0.15, 0.2) is 18.2 Å². The summed E-state index contributed by atoms with van der Waals surface area (Å²) in [6.45, 7) is 12.5. The Morgan fingerprint density at radius 1 is 1.05 bits per heavy atom. The van der Waals surface area contributed by atoms with Crippen LogP contribution < -0.4 is 5.73 Å². The van der Waals surface area contributed by atoms with Crippen LogP contribution in [0, 0.1) is 37.0 Å². The van der Waals surface area contributed by atoms with E-state index in [1.165, 1.54) is 42.4 Å². The van der Waals surface area contributed by atoms with Gasteiger partial charge < -0.3 is 5.73 Å². The summed E-state index contributed by atoms with van der Waals surface area (Å²) < 4.78 is 0. The molecule has 0 saturated heterocycles. The molecule has 1 heteroatoms. The molecule has 0 aromatic heterocycles. The van der Waals surface area contributed by atoms with Gasteiger partial charge in [-0.1, -0.05) is 39.0 Å². The largest absolute Gasteiger partial charge is 0.330 e. The van der Waals surface area contributed by atoms with Crippen molar-refractivity contribution >= 4 is 0 Å². The smallest absolute Gasteiger partial charge is 0.00461 e. The molecule has 1 aromatic carbocycles. The van der Waals surface area contributed by atoms with Crippen LogP contribution in [0.2, 0.25) is 0 Å². The van der Waals surface area contributed by atoms with Gasteiger partial charge in [0, 0.05) is 0 Å². The standard InChI is InChI=1S/C20H33N/c1-14-6-7-16(10-15(14)2)11-18-12-19(20(3,4)5)9-8-17(18)13-21/h6-7,10,17-19H,8-9,11-13,21H2,1-5H3. The van der Waals surface area contributed by atoms with Gasteiger partial charge in [0.05, 0.1) is 0 Å². The quantitative estimate of drug-likeness (QED) is 0.842. The third-order valence-electron chi connectivity index (χ3n) is 5.74. The third-order valence-corrected chi connectivity index (χ3v) is 5.74. The van der Waals surface area contributed by atoms with Gasteiger partial charge >= 0.3 is 0 Å². The van der Waals surface area contributed by atoms with E-state index in [0.29, 0.717) is 11.3 Å². The van der Waals surface area contributed by atoms with Crippen LogP contribution in [0.25, 0.3) is 0 Å². The van der Waals surface area contributed by atoms with Crippen molar-refractivity contribution in [1.29, 1.82) is 0 Å². The Kier molecular flexibility index (Phi) is 5.14. The highest BCUT2D eigenvalue weighted by atomic mass is 14.6. The van der Waals surface area contributed by atoms with Crippen LogP contribution in [0.5, 0.6) is 0 Å². The predicted octanol–water partition coefficient (Wildman–Crippen LogP) is 4.88. The molecular formula is C20H33N. The maximum absolute atomic E-state index is 6.06. The monoisotopic (exact) mass is 287 g/mol. The zero-order chi connectivity index (χ0) is 15.6. The van der Waals surface area contributed by atoms with Gasteiger partial charge in [0.2, 0.25) is 0 Å². The van der Waals surface area contributed by atoms with Gasteiger partial charge in [0.15, 0.2) is 0 Å². The Balaban J connectivity index is 2.12. The fourth-order valence-electron chi connectivity index (χ4n) is 3.91. The van der Waals surface area contributed by atoms with E-state index in [-0.39, 0.29) is 0 Å². The lowest BCUT2D eigenvalue weighted by molar-refractivity contribution is 0.101. The fraction of sp³-hybridized carbons (Fsp3) is 0.700. The Labute approximate surface area is 131 Å². The van der Waals surface area contributed by atoms with Crippen molar-refractivity contribution in [3.63, 3.8) is 0 Å². The average Bonchev–Trinajstić information content (AvgIpc) is 2.42. The second-order valence-electron chi connectivity index (χ2n) is 8.25. The Hall–Kier alpha value is -0.820. The number of hydrogen-bond acceptors (Lipinski definition) is 1. The first-order chi connectivity index (χ1) is 9.81. The fourth-order valence-corrected chi connectivity index (χ4v) is 3.91. The van der Waals surface area contributed by atoms with E-state index in [9.17, 15) is 0 Å². The molecular weight excluding hydrogens is 254 g/mol. The molecule has 1 nitrogen and oxygen atoms in total. The van der Waals surface area contributed by atoms with Crippen molar-refractivity contribution in [1.82, 2.24) is 0 Å². The van der Waals surface area contributed by atoms with Crippen molar-refractivity contribution in [2.45, 2.75) is 60.3 Å². The van der Waals surface area contributed by atoms with E-state index in [1.807, 2.05) is 0 Å². The number of benzene rings is 1. The van der Waals surface area contributed by atoms with E-state index in [1.54, 1.807) is 0 Å². The second kappa shape index (κ2) is 6.52.